The van der Waals surface area contributed by atoms with Crippen molar-refractivity contribution in [3.63, 3.8) is 0 Å². The first kappa shape index (κ1) is 8.95. The Kier molecular flexibility index (Phi) is 1.71. The highest BCUT2D eigenvalue weighted by atomic mass is 32.2. The van der Waals surface area contributed by atoms with Crippen molar-refractivity contribution in [3.8, 4) is 0 Å². The predicted octanol–water partition coefficient (Wildman–Crippen LogP) is 0.255. The lowest BCUT2D eigenvalue weighted by Gasteiger charge is -2.14. The number of nitrogens with two attached hydrogens (primary N) is 1. The molecule has 5 nitrogen and oxygen atoms in total. The van der Waals surface area contributed by atoms with Crippen LogP contribution in [-0.2, 0) is 10.0 Å². The summed E-state index contributed by atoms with van der Waals surface area (Å²) in [6, 6.07) is 3.33. The summed E-state index contributed by atoms with van der Waals surface area (Å²) in [6.45, 7) is 0. The summed E-state index contributed by atoms with van der Waals surface area (Å²) in [5.74, 6) is -0.853. The summed E-state index contributed by atoms with van der Waals surface area (Å²) in [6.07, 6.45) is 0. The minimum atomic E-state index is -3.85. The van der Waals surface area contributed by atoms with Crippen molar-refractivity contribution in [3.05, 3.63) is 24.0 Å². The molecular weight excluding hydrogens is 209 g/mol. The quantitative estimate of drug-likeness (QED) is 0.649. The van der Waals surface area contributed by atoms with Gasteiger partial charge in [0.2, 0.25) is 5.96 Å². The highest BCUT2D eigenvalue weighted by molar-refractivity contribution is 7.90. The average molecular weight is 215 g/mol. The number of sulfonamides is 1. The molecule has 1 aliphatic rings. The Hall–Kier alpha value is -1.63. The molecule has 1 aliphatic heterocycles. The topological polar surface area (TPSA) is 84.5 Å². The molecule has 14 heavy (non-hydrogen) atoms. The largest absolute Gasteiger partial charge is 0.369 e. The molecule has 0 radical (unpaired) electrons. The van der Waals surface area contributed by atoms with Gasteiger partial charge in [-0.15, -0.1) is 4.40 Å². The molecule has 0 saturated heterocycles. The Bertz CT molecular complexity index is 524. The lowest BCUT2D eigenvalue weighted by molar-refractivity contribution is 0.592. The van der Waals surface area contributed by atoms with Gasteiger partial charge in [-0.25, -0.2) is 4.39 Å². The van der Waals surface area contributed by atoms with E-state index in [-0.39, 0.29) is 16.5 Å². The van der Waals surface area contributed by atoms with Crippen molar-refractivity contribution in [1.82, 2.24) is 0 Å². The van der Waals surface area contributed by atoms with Gasteiger partial charge in [0.1, 0.15) is 10.7 Å². The van der Waals surface area contributed by atoms with Gasteiger partial charge >= 0.3 is 0 Å². The fourth-order valence-corrected chi connectivity index (χ4v) is 2.21. The fourth-order valence-electron chi connectivity index (χ4n) is 1.15. The standard InChI is InChI=1S/C7H6FN3O2S/c8-4-1-2-5-6(3-4)14(12,13)11-7(9)10-5/h1-3H,(H3,9,10,11). The van der Waals surface area contributed by atoms with Crippen molar-refractivity contribution in [2.24, 2.45) is 10.1 Å². The summed E-state index contributed by atoms with van der Waals surface area (Å²) >= 11 is 0. The molecule has 3 N–H and O–H groups in total. The van der Waals surface area contributed by atoms with E-state index < -0.39 is 15.8 Å². The van der Waals surface area contributed by atoms with Crippen LogP contribution in [0, 0.1) is 5.82 Å². The molecular formula is C7H6FN3O2S. The molecule has 1 aromatic rings. The Balaban J connectivity index is 2.73. The first-order valence-corrected chi connectivity index (χ1v) is 5.10. The maximum Gasteiger partial charge on any atom is 0.287 e. The van der Waals surface area contributed by atoms with Crippen LogP contribution in [0.3, 0.4) is 0 Å². The van der Waals surface area contributed by atoms with Crippen LogP contribution in [0.5, 0.6) is 0 Å². The van der Waals surface area contributed by atoms with Crippen molar-refractivity contribution in [2.75, 3.05) is 5.32 Å². The molecule has 0 bridgehead atoms. The fraction of sp³-hybridized carbons (Fsp3) is 0. The Morgan fingerprint density at radius 2 is 2.14 bits per heavy atom. The van der Waals surface area contributed by atoms with Crippen molar-refractivity contribution >= 4 is 21.7 Å². The second kappa shape index (κ2) is 2.68. The Morgan fingerprint density at radius 1 is 1.43 bits per heavy atom. The van der Waals surface area contributed by atoms with Gasteiger partial charge in [0.05, 0.1) is 5.69 Å². The zero-order valence-electron chi connectivity index (χ0n) is 6.86. The molecule has 1 heterocycles. The summed E-state index contributed by atoms with van der Waals surface area (Å²) in [4.78, 5) is -0.202. The molecule has 2 rings (SSSR count). The van der Waals surface area contributed by atoms with Crippen LogP contribution in [0.4, 0.5) is 10.1 Å². The van der Waals surface area contributed by atoms with Crippen molar-refractivity contribution < 1.29 is 12.8 Å². The monoisotopic (exact) mass is 215 g/mol. The molecule has 0 saturated carbocycles. The van der Waals surface area contributed by atoms with Gasteiger partial charge in [-0.1, -0.05) is 0 Å². The number of rotatable bonds is 0. The Morgan fingerprint density at radius 3 is 2.86 bits per heavy atom. The number of nitrogens with zero attached hydrogens (tertiary/aromatic N) is 1. The zero-order valence-corrected chi connectivity index (χ0v) is 7.68. The number of nitrogens with one attached hydrogen (secondary N) is 1. The lowest BCUT2D eigenvalue weighted by Crippen LogP contribution is -2.28. The molecule has 0 aliphatic carbocycles. The highest BCUT2D eigenvalue weighted by Crippen LogP contribution is 2.26. The lowest BCUT2D eigenvalue weighted by atomic mass is 10.3. The first-order chi connectivity index (χ1) is 6.49. The maximum absolute atomic E-state index is 12.8. The van der Waals surface area contributed by atoms with E-state index in [1.165, 1.54) is 6.07 Å². The maximum atomic E-state index is 12.8. The van der Waals surface area contributed by atoms with Crippen LogP contribution in [0.25, 0.3) is 0 Å². The molecule has 0 amide bonds. The first-order valence-electron chi connectivity index (χ1n) is 3.66. The third-order valence-electron chi connectivity index (χ3n) is 1.70. The van der Waals surface area contributed by atoms with E-state index in [9.17, 15) is 12.8 Å². The summed E-state index contributed by atoms with van der Waals surface area (Å²) in [5, 5.41) is 2.52. The van der Waals surface area contributed by atoms with Crippen LogP contribution in [0.2, 0.25) is 0 Å². The number of fused-ring (bicyclic) bond motifs is 1. The van der Waals surface area contributed by atoms with Gasteiger partial charge in [0, 0.05) is 0 Å². The van der Waals surface area contributed by atoms with E-state index >= 15 is 0 Å². The predicted molar refractivity (Wildman–Crippen MR) is 48.8 cm³/mol. The second-order valence-electron chi connectivity index (χ2n) is 2.72. The molecule has 0 fully saturated rings. The van der Waals surface area contributed by atoms with Gasteiger partial charge in [-0.3, -0.25) is 0 Å². The molecule has 0 spiro atoms. The molecule has 0 aromatic heterocycles. The normalized spacial score (nSPS) is 17.9. The number of hydrogen-bond acceptors (Lipinski definition) is 4. The minimum Gasteiger partial charge on any atom is -0.369 e. The zero-order chi connectivity index (χ0) is 10.3. The van der Waals surface area contributed by atoms with Gasteiger partial charge in [0.25, 0.3) is 10.0 Å². The van der Waals surface area contributed by atoms with Gasteiger partial charge in [0.15, 0.2) is 0 Å². The van der Waals surface area contributed by atoms with Gasteiger partial charge < -0.3 is 11.1 Å². The van der Waals surface area contributed by atoms with Crippen molar-refractivity contribution in [1.29, 1.82) is 0 Å². The second-order valence-corrected chi connectivity index (χ2v) is 4.29. The smallest absolute Gasteiger partial charge is 0.287 e. The molecule has 74 valence electrons. The van der Waals surface area contributed by atoms with E-state index in [0.29, 0.717) is 0 Å². The van der Waals surface area contributed by atoms with E-state index in [0.717, 1.165) is 12.1 Å². The summed E-state index contributed by atoms with van der Waals surface area (Å²) < 4.78 is 38.7. The SMILES string of the molecule is NC1=NS(=O)(=O)c2cc(F)ccc2N1. The molecule has 0 atom stereocenters. The van der Waals surface area contributed by atoms with Gasteiger partial charge in [-0.2, -0.15) is 8.42 Å². The number of hydrogen-bond donors (Lipinski definition) is 2. The number of anilines is 1. The van der Waals surface area contributed by atoms with Crippen LogP contribution >= 0.6 is 0 Å². The number of guanidine groups is 1. The van der Waals surface area contributed by atoms with Crippen LogP contribution in [-0.4, -0.2) is 14.4 Å². The van der Waals surface area contributed by atoms with E-state index in [4.69, 9.17) is 5.73 Å². The molecule has 7 heteroatoms. The molecule has 1 aromatic carbocycles. The summed E-state index contributed by atoms with van der Waals surface area (Å²) in [7, 11) is -3.85. The van der Waals surface area contributed by atoms with Crippen LogP contribution < -0.4 is 11.1 Å². The summed E-state index contributed by atoms with van der Waals surface area (Å²) in [5.41, 5.74) is 5.46. The van der Waals surface area contributed by atoms with Crippen molar-refractivity contribution in [2.45, 2.75) is 4.90 Å². The Labute approximate surface area is 79.5 Å². The number of benzene rings is 1. The van der Waals surface area contributed by atoms with Crippen LogP contribution in [0.1, 0.15) is 0 Å². The van der Waals surface area contributed by atoms with E-state index in [2.05, 4.69) is 9.71 Å². The average Bonchev–Trinajstić information content (AvgIpc) is 2.05. The van der Waals surface area contributed by atoms with E-state index in [1.54, 1.807) is 0 Å². The van der Waals surface area contributed by atoms with Crippen LogP contribution in [0.15, 0.2) is 27.5 Å². The number of halogens is 1. The molecule has 0 unspecified atom stereocenters. The minimum absolute atomic E-state index is 0.202. The van der Waals surface area contributed by atoms with Gasteiger partial charge in [-0.05, 0) is 18.2 Å². The van der Waals surface area contributed by atoms with E-state index in [1.807, 2.05) is 0 Å². The third kappa shape index (κ3) is 1.31. The highest BCUT2D eigenvalue weighted by Gasteiger charge is 2.23. The third-order valence-corrected chi connectivity index (χ3v) is 3.03.